The van der Waals surface area contributed by atoms with E-state index in [0.717, 1.165) is 22.7 Å². The molecule has 26 heavy (non-hydrogen) atoms. The lowest BCUT2D eigenvalue weighted by Crippen LogP contribution is -2.11. The molecule has 0 saturated carbocycles. The molecule has 4 rings (SSSR count). The van der Waals surface area contributed by atoms with Gasteiger partial charge in [0.2, 0.25) is 0 Å². The molecule has 132 valence electrons. The van der Waals surface area contributed by atoms with Crippen molar-refractivity contribution in [3.8, 4) is 11.1 Å². The van der Waals surface area contributed by atoms with Gasteiger partial charge in [-0.05, 0) is 42.8 Å². The van der Waals surface area contributed by atoms with Crippen molar-refractivity contribution in [1.82, 2.24) is 9.97 Å². The summed E-state index contributed by atoms with van der Waals surface area (Å²) in [6.45, 7) is 1.72. The van der Waals surface area contributed by atoms with Crippen molar-refractivity contribution in [2.75, 3.05) is 6.26 Å². The Hall–Kier alpha value is -2.57. The van der Waals surface area contributed by atoms with Crippen LogP contribution in [0.1, 0.15) is 5.56 Å². The number of aromatic amines is 2. The van der Waals surface area contributed by atoms with Gasteiger partial charge in [0.15, 0.2) is 9.84 Å². The number of halogens is 1. The Morgan fingerprint density at radius 1 is 1.00 bits per heavy atom. The minimum atomic E-state index is -3.35. The highest BCUT2D eigenvalue weighted by Crippen LogP contribution is 2.34. The number of aromatic nitrogens is 2. The number of hydrogen-bond donors (Lipinski definition) is 2. The van der Waals surface area contributed by atoms with Crippen LogP contribution in [0.25, 0.3) is 33.1 Å². The quantitative estimate of drug-likeness (QED) is 0.545. The first kappa shape index (κ1) is 16.9. The van der Waals surface area contributed by atoms with Crippen LogP contribution in [0.2, 0.25) is 5.02 Å². The molecule has 0 atom stereocenters. The van der Waals surface area contributed by atoms with Crippen LogP contribution in [-0.4, -0.2) is 24.6 Å². The Kier molecular flexibility index (Phi) is 3.71. The summed E-state index contributed by atoms with van der Waals surface area (Å²) in [7, 11) is -3.35. The SMILES string of the molecule is Cc1c(-c2cccc(S(C)(=O)=O)c2)c2[nH]c3ccc(Cl)cc3c2[nH]c1=O. The summed E-state index contributed by atoms with van der Waals surface area (Å²) >= 11 is 6.10. The number of H-pyrrole nitrogens is 2. The lowest BCUT2D eigenvalue weighted by Gasteiger charge is -2.09. The summed E-state index contributed by atoms with van der Waals surface area (Å²) in [6, 6.07) is 12.0. The van der Waals surface area contributed by atoms with E-state index in [0.29, 0.717) is 27.2 Å². The van der Waals surface area contributed by atoms with E-state index in [2.05, 4.69) is 9.97 Å². The molecule has 0 aliphatic rings. The fourth-order valence-corrected chi connectivity index (χ4v) is 4.07. The first-order chi connectivity index (χ1) is 12.3. The zero-order chi connectivity index (χ0) is 18.6. The summed E-state index contributed by atoms with van der Waals surface area (Å²) < 4.78 is 23.8. The summed E-state index contributed by atoms with van der Waals surface area (Å²) in [5.41, 5.74) is 3.87. The van der Waals surface area contributed by atoms with E-state index in [-0.39, 0.29) is 10.5 Å². The summed E-state index contributed by atoms with van der Waals surface area (Å²) in [5, 5.41) is 1.38. The van der Waals surface area contributed by atoms with E-state index in [1.807, 2.05) is 6.07 Å². The largest absolute Gasteiger partial charge is 0.353 e. The number of benzene rings is 2. The molecule has 0 amide bonds. The average molecular weight is 387 g/mol. The number of sulfone groups is 1. The second-order valence-corrected chi connectivity index (χ2v) is 8.77. The van der Waals surface area contributed by atoms with Gasteiger partial charge < -0.3 is 9.97 Å². The van der Waals surface area contributed by atoms with Crippen LogP contribution >= 0.6 is 11.6 Å². The fourth-order valence-electron chi connectivity index (χ4n) is 3.23. The topological polar surface area (TPSA) is 82.8 Å². The normalized spacial score (nSPS) is 12.1. The Morgan fingerprint density at radius 2 is 1.77 bits per heavy atom. The van der Waals surface area contributed by atoms with Crippen LogP contribution in [0.3, 0.4) is 0 Å². The first-order valence-corrected chi connectivity index (χ1v) is 10.2. The van der Waals surface area contributed by atoms with Gasteiger partial charge in [-0.25, -0.2) is 8.42 Å². The maximum absolute atomic E-state index is 12.5. The van der Waals surface area contributed by atoms with Crippen molar-refractivity contribution in [3.63, 3.8) is 0 Å². The molecule has 0 aliphatic heterocycles. The van der Waals surface area contributed by atoms with E-state index < -0.39 is 9.84 Å². The molecule has 0 radical (unpaired) electrons. The van der Waals surface area contributed by atoms with E-state index in [1.54, 1.807) is 43.3 Å². The highest BCUT2D eigenvalue weighted by Gasteiger charge is 2.17. The predicted octanol–water partition coefficient (Wildman–Crippen LogP) is 4.04. The number of hydrogen-bond acceptors (Lipinski definition) is 3. The maximum Gasteiger partial charge on any atom is 0.252 e. The molecule has 0 saturated heterocycles. The lowest BCUT2D eigenvalue weighted by molar-refractivity contribution is 0.602. The van der Waals surface area contributed by atoms with Crippen molar-refractivity contribution < 1.29 is 8.42 Å². The summed E-state index contributed by atoms with van der Waals surface area (Å²) in [6.07, 6.45) is 1.16. The molecule has 2 aromatic carbocycles. The smallest absolute Gasteiger partial charge is 0.252 e. The molecule has 0 bridgehead atoms. The Bertz CT molecular complexity index is 1350. The molecule has 2 N–H and O–H groups in total. The molecule has 0 unspecified atom stereocenters. The van der Waals surface area contributed by atoms with Crippen LogP contribution in [-0.2, 0) is 9.84 Å². The van der Waals surface area contributed by atoms with Crippen LogP contribution < -0.4 is 5.56 Å². The highest BCUT2D eigenvalue weighted by molar-refractivity contribution is 7.90. The number of fused-ring (bicyclic) bond motifs is 3. The molecule has 0 fully saturated rings. The van der Waals surface area contributed by atoms with E-state index in [9.17, 15) is 13.2 Å². The molecule has 2 aromatic heterocycles. The summed E-state index contributed by atoms with van der Waals surface area (Å²) in [5.74, 6) is 0. The molecule has 0 spiro atoms. The average Bonchev–Trinajstić information content (AvgIpc) is 2.92. The van der Waals surface area contributed by atoms with Gasteiger partial charge >= 0.3 is 0 Å². The van der Waals surface area contributed by atoms with Gasteiger partial charge in [0.05, 0.1) is 15.9 Å². The highest BCUT2D eigenvalue weighted by atomic mass is 35.5. The molecule has 2 heterocycles. The minimum absolute atomic E-state index is 0.210. The van der Waals surface area contributed by atoms with Gasteiger partial charge in [0, 0.05) is 33.3 Å². The third kappa shape index (κ3) is 2.62. The third-order valence-corrected chi connectivity index (χ3v) is 5.86. The monoisotopic (exact) mass is 386 g/mol. The molecular weight excluding hydrogens is 372 g/mol. The zero-order valence-corrected chi connectivity index (χ0v) is 15.6. The van der Waals surface area contributed by atoms with Gasteiger partial charge in [-0.15, -0.1) is 0 Å². The van der Waals surface area contributed by atoms with E-state index >= 15 is 0 Å². The zero-order valence-electron chi connectivity index (χ0n) is 14.1. The van der Waals surface area contributed by atoms with Crippen molar-refractivity contribution >= 4 is 43.4 Å². The molecule has 0 aliphatic carbocycles. The van der Waals surface area contributed by atoms with Gasteiger partial charge in [-0.1, -0.05) is 23.7 Å². The van der Waals surface area contributed by atoms with E-state index in [1.165, 1.54) is 0 Å². The third-order valence-electron chi connectivity index (χ3n) is 4.52. The van der Waals surface area contributed by atoms with Gasteiger partial charge in [-0.3, -0.25) is 4.79 Å². The van der Waals surface area contributed by atoms with Crippen molar-refractivity contribution in [2.24, 2.45) is 0 Å². The van der Waals surface area contributed by atoms with Gasteiger partial charge in [-0.2, -0.15) is 0 Å². The standard InChI is InChI=1S/C19H15ClN2O3S/c1-10-16(11-4-3-5-13(8-11)26(2,24)25)18-17(22-19(10)23)14-9-12(20)6-7-15(14)21-18/h3-9,21H,1-2H3,(H,22,23). The molecule has 4 aromatic rings. The first-order valence-electron chi connectivity index (χ1n) is 7.90. The van der Waals surface area contributed by atoms with Crippen molar-refractivity contribution in [2.45, 2.75) is 11.8 Å². The number of rotatable bonds is 2. The van der Waals surface area contributed by atoms with Gasteiger partial charge in [0.25, 0.3) is 5.56 Å². The fraction of sp³-hybridized carbons (Fsp3) is 0.105. The van der Waals surface area contributed by atoms with Crippen LogP contribution in [0.15, 0.2) is 52.2 Å². The second kappa shape index (κ2) is 5.72. The molecule has 5 nitrogen and oxygen atoms in total. The van der Waals surface area contributed by atoms with Crippen molar-refractivity contribution in [1.29, 1.82) is 0 Å². The maximum atomic E-state index is 12.5. The predicted molar refractivity (Wildman–Crippen MR) is 105 cm³/mol. The van der Waals surface area contributed by atoms with Crippen LogP contribution in [0.5, 0.6) is 0 Å². The minimum Gasteiger partial charge on any atom is -0.353 e. The lowest BCUT2D eigenvalue weighted by atomic mass is 10.0. The Morgan fingerprint density at radius 3 is 2.50 bits per heavy atom. The summed E-state index contributed by atoms with van der Waals surface area (Å²) in [4.78, 5) is 18.9. The molecule has 7 heteroatoms. The Labute approximate surface area is 154 Å². The van der Waals surface area contributed by atoms with Crippen LogP contribution in [0, 0.1) is 6.92 Å². The van der Waals surface area contributed by atoms with Crippen LogP contribution in [0.4, 0.5) is 0 Å². The second-order valence-electron chi connectivity index (χ2n) is 6.32. The van der Waals surface area contributed by atoms with E-state index in [4.69, 9.17) is 11.6 Å². The molecular formula is C19H15ClN2O3S. The Balaban J connectivity index is 2.14. The number of pyridine rings is 1. The van der Waals surface area contributed by atoms with Crippen molar-refractivity contribution in [3.05, 3.63) is 63.4 Å². The number of nitrogens with one attached hydrogen (secondary N) is 2. The van der Waals surface area contributed by atoms with Gasteiger partial charge in [0.1, 0.15) is 0 Å².